The fraction of sp³-hybridized carbons (Fsp3) is 0.286. The Morgan fingerprint density at radius 2 is 1.84 bits per heavy atom. The molecular formula is C14H13F3O2. The number of halogens is 3. The van der Waals surface area contributed by atoms with Gasteiger partial charge < -0.3 is 9.15 Å². The van der Waals surface area contributed by atoms with Crippen LogP contribution in [0.2, 0.25) is 0 Å². The lowest BCUT2D eigenvalue weighted by Crippen LogP contribution is -2.41. The third-order valence-electron chi connectivity index (χ3n) is 3.22. The smallest absolute Gasteiger partial charge is 0.421 e. The maximum atomic E-state index is 13.1. The number of furan rings is 1. The number of methoxy groups -OCH3 is 1. The van der Waals surface area contributed by atoms with Crippen molar-refractivity contribution in [2.24, 2.45) is 0 Å². The third-order valence-corrected chi connectivity index (χ3v) is 3.22. The van der Waals surface area contributed by atoms with Gasteiger partial charge in [0.25, 0.3) is 0 Å². The van der Waals surface area contributed by atoms with E-state index in [9.17, 15) is 13.2 Å². The number of alkyl halides is 3. The third kappa shape index (κ3) is 2.38. The Morgan fingerprint density at radius 1 is 1.11 bits per heavy atom. The van der Waals surface area contributed by atoms with E-state index in [2.05, 4.69) is 0 Å². The first-order chi connectivity index (χ1) is 8.88. The van der Waals surface area contributed by atoms with Gasteiger partial charge in [-0.25, -0.2) is 0 Å². The summed E-state index contributed by atoms with van der Waals surface area (Å²) in [5.41, 5.74) is -0.894. The molecule has 0 fully saturated rings. The largest absolute Gasteiger partial charge is 0.472 e. The predicted molar refractivity (Wildman–Crippen MR) is 64.6 cm³/mol. The highest BCUT2D eigenvalue weighted by Gasteiger charge is 2.53. The molecule has 0 bridgehead atoms. The van der Waals surface area contributed by atoms with E-state index in [4.69, 9.17) is 9.15 Å². The molecule has 2 rings (SSSR count). The van der Waals surface area contributed by atoms with E-state index in [1.807, 2.05) is 0 Å². The summed E-state index contributed by atoms with van der Waals surface area (Å²) < 4.78 is 49.0. The summed E-state index contributed by atoms with van der Waals surface area (Å²) in [6.45, 7) is 1.02. The lowest BCUT2D eigenvalue weighted by Gasteiger charge is -2.31. The monoisotopic (exact) mass is 270 g/mol. The van der Waals surface area contributed by atoms with Crippen molar-refractivity contribution in [2.75, 3.05) is 7.11 Å². The molecule has 5 heteroatoms. The second-order valence-corrected chi connectivity index (χ2v) is 4.33. The highest BCUT2D eigenvalue weighted by Crippen LogP contribution is 2.42. The molecule has 1 aromatic carbocycles. The predicted octanol–water partition coefficient (Wildman–Crippen LogP) is 4.37. The zero-order valence-corrected chi connectivity index (χ0v) is 10.5. The van der Waals surface area contributed by atoms with Gasteiger partial charge in [-0.2, -0.15) is 13.2 Å². The van der Waals surface area contributed by atoms with Crippen molar-refractivity contribution >= 4 is 0 Å². The molecule has 1 unspecified atom stereocenters. The van der Waals surface area contributed by atoms with Gasteiger partial charge >= 0.3 is 6.18 Å². The first-order valence-electron chi connectivity index (χ1n) is 5.63. The lowest BCUT2D eigenvalue weighted by molar-refractivity contribution is -0.269. The molecule has 0 aliphatic rings. The van der Waals surface area contributed by atoms with Crippen molar-refractivity contribution in [2.45, 2.75) is 18.7 Å². The Labute approximate surface area is 108 Å². The van der Waals surface area contributed by atoms with E-state index in [1.165, 1.54) is 24.7 Å². The van der Waals surface area contributed by atoms with Crippen LogP contribution in [0.5, 0.6) is 0 Å². The van der Waals surface area contributed by atoms with Crippen LogP contribution in [-0.2, 0) is 10.3 Å². The Balaban J connectivity index is 2.49. The quantitative estimate of drug-likeness (QED) is 0.826. The molecule has 0 saturated carbocycles. The average molecular weight is 270 g/mol. The van der Waals surface area contributed by atoms with E-state index in [1.54, 1.807) is 18.2 Å². The molecule has 0 saturated heterocycles. The molecule has 1 aromatic heterocycles. The van der Waals surface area contributed by atoms with Crippen molar-refractivity contribution < 1.29 is 22.3 Å². The maximum absolute atomic E-state index is 13.1. The van der Waals surface area contributed by atoms with E-state index >= 15 is 0 Å². The van der Waals surface area contributed by atoms with Crippen LogP contribution >= 0.6 is 0 Å². The van der Waals surface area contributed by atoms with Gasteiger partial charge in [-0.05, 0) is 30.2 Å². The SMILES string of the molecule is COC(C)(c1cccc(-c2ccoc2)c1)C(F)(F)F. The van der Waals surface area contributed by atoms with Crippen LogP contribution in [-0.4, -0.2) is 13.3 Å². The summed E-state index contributed by atoms with van der Waals surface area (Å²) in [5, 5.41) is 0. The zero-order valence-electron chi connectivity index (χ0n) is 10.5. The van der Waals surface area contributed by atoms with Gasteiger partial charge in [-0.15, -0.1) is 0 Å². The summed E-state index contributed by atoms with van der Waals surface area (Å²) in [6, 6.07) is 7.85. The van der Waals surface area contributed by atoms with Crippen LogP contribution in [0.1, 0.15) is 12.5 Å². The summed E-state index contributed by atoms with van der Waals surface area (Å²) in [7, 11) is 1.05. The van der Waals surface area contributed by atoms with Crippen molar-refractivity contribution in [1.29, 1.82) is 0 Å². The Morgan fingerprint density at radius 3 is 2.37 bits per heavy atom. The molecule has 0 radical (unpaired) electrons. The van der Waals surface area contributed by atoms with Gasteiger partial charge in [-0.3, -0.25) is 0 Å². The van der Waals surface area contributed by atoms with Gasteiger partial charge in [0, 0.05) is 12.7 Å². The number of rotatable bonds is 3. The maximum Gasteiger partial charge on any atom is 0.421 e. The minimum atomic E-state index is -4.49. The average Bonchev–Trinajstić information content (AvgIpc) is 2.90. The van der Waals surface area contributed by atoms with E-state index in [0.29, 0.717) is 5.56 Å². The molecule has 2 aromatic rings. The summed E-state index contributed by atoms with van der Waals surface area (Å²) in [6.07, 6.45) is -1.53. The molecule has 102 valence electrons. The summed E-state index contributed by atoms with van der Waals surface area (Å²) >= 11 is 0. The van der Waals surface area contributed by atoms with Crippen molar-refractivity contribution in [3.05, 3.63) is 48.4 Å². The van der Waals surface area contributed by atoms with Gasteiger partial charge in [-0.1, -0.05) is 18.2 Å². The van der Waals surface area contributed by atoms with Crippen molar-refractivity contribution in [3.63, 3.8) is 0 Å². The van der Waals surface area contributed by atoms with Gasteiger partial charge in [0.15, 0.2) is 5.60 Å². The number of benzene rings is 1. The fourth-order valence-corrected chi connectivity index (χ4v) is 1.82. The Hall–Kier alpha value is -1.75. The summed E-state index contributed by atoms with van der Waals surface area (Å²) in [5.74, 6) is 0. The lowest BCUT2D eigenvalue weighted by atomic mass is 9.92. The molecule has 0 aliphatic carbocycles. The molecule has 0 spiro atoms. The highest BCUT2D eigenvalue weighted by atomic mass is 19.4. The number of ether oxygens (including phenoxy) is 1. The minimum absolute atomic E-state index is 0.0567. The van der Waals surface area contributed by atoms with Crippen LogP contribution in [0.25, 0.3) is 11.1 Å². The standard InChI is InChI=1S/C14H13F3O2/c1-13(18-2,14(15,16)17)12-5-3-4-10(8-12)11-6-7-19-9-11/h3-9H,1-2H3. The molecule has 19 heavy (non-hydrogen) atoms. The Bertz CT molecular complexity index is 546. The topological polar surface area (TPSA) is 22.4 Å². The van der Waals surface area contributed by atoms with Crippen LogP contribution in [0, 0.1) is 0 Å². The normalized spacial score (nSPS) is 15.2. The van der Waals surface area contributed by atoms with Gasteiger partial charge in [0.1, 0.15) is 0 Å². The van der Waals surface area contributed by atoms with Crippen LogP contribution in [0.15, 0.2) is 47.3 Å². The van der Waals surface area contributed by atoms with E-state index < -0.39 is 11.8 Å². The molecular weight excluding hydrogens is 257 g/mol. The molecule has 0 N–H and O–H groups in total. The minimum Gasteiger partial charge on any atom is -0.472 e. The fourth-order valence-electron chi connectivity index (χ4n) is 1.82. The molecule has 2 nitrogen and oxygen atoms in total. The van der Waals surface area contributed by atoms with E-state index in [0.717, 1.165) is 19.6 Å². The van der Waals surface area contributed by atoms with Gasteiger partial charge in [0.2, 0.25) is 0 Å². The van der Waals surface area contributed by atoms with Crippen LogP contribution in [0.3, 0.4) is 0 Å². The second kappa shape index (κ2) is 4.74. The van der Waals surface area contributed by atoms with Crippen LogP contribution in [0.4, 0.5) is 13.2 Å². The molecule has 1 atom stereocenters. The van der Waals surface area contributed by atoms with E-state index in [-0.39, 0.29) is 5.56 Å². The summed E-state index contributed by atoms with van der Waals surface area (Å²) in [4.78, 5) is 0. The van der Waals surface area contributed by atoms with Crippen LogP contribution < -0.4 is 0 Å². The van der Waals surface area contributed by atoms with Crippen molar-refractivity contribution in [3.8, 4) is 11.1 Å². The first-order valence-corrected chi connectivity index (χ1v) is 5.63. The Kier molecular flexibility index (Phi) is 3.41. The molecule has 0 amide bonds. The number of hydrogen-bond acceptors (Lipinski definition) is 2. The zero-order chi connectivity index (χ0) is 14.1. The van der Waals surface area contributed by atoms with Gasteiger partial charge in [0.05, 0.1) is 12.5 Å². The first kappa shape index (κ1) is 13.7. The molecule has 0 aliphatic heterocycles. The highest BCUT2D eigenvalue weighted by molar-refractivity contribution is 5.63. The second-order valence-electron chi connectivity index (χ2n) is 4.33. The number of hydrogen-bond donors (Lipinski definition) is 0. The van der Waals surface area contributed by atoms with Crippen molar-refractivity contribution in [1.82, 2.24) is 0 Å². The molecule has 1 heterocycles.